The van der Waals surface area contributed by atoms with Crippen molar-refractivity contribution in [2.24, 2.45) is 0 Å². The van der Waals surface area contributed by atoms with Crippen molar-refractivity contribution in [1.82, 2.24) is 5.32 Å². The van der Waals surface area contributed by atoms with Crippen molar-refractivity contribution in [3.63, 3.8) is 0 Å². The van der Waals surface area contributed by atoms with Gasteiger partial charge in [-0.2, -0.15) is 0 Å². The van der Waals surface area contributed by atoms with Gasteiger partial charge in [-0.15, -0.1) is 11.3 Å². The molecule has 0 radical (unpaired) electrons. The molecule has 1 N–H and O–H groups in total. The molecule has 1 aliphatic rings. The number of benzene rings is 1. The van der Waals surface area contributed by atoms with Crippen molar-refractivity contribution in [1.29, 1.82) is 0 Å². The highest BCUT2D eigenvalue weighted by Crippen LogP contribution is 2.43. The first-order valence-corrected chi connectivity index (χ1v) is 10.8. The fraction of sp³-hybridized carbons (Fsp3) is 0.412. The van der Waals surface area contributed by atoms with E-state index in [2.05, 4.69) is 5.32 Å². The minimum Gasteiger partial charge on any atom is -0.382 e. The predicted octanol–water partition coefficient (Wildman–Crippen LogP) is 3.65. The Morgan fingerprint density at radius 3 is 2.92 bits per heavy atom. The summed E-state index contributed by atoms with van der Waals surface area (Å²) in [7, 11) is -2.06. The van der Waals surface area contributed by atoms with Crippen molar-refractivity contribution in [3.8, 4) is 0 Å². The maximum absolute atomic E-state index is 13.0. The number of thiophene rings is 1. The molecular weight excluding hydrogens is 380 g/mol. The second-order valence-electron chi connectivity index (χ2n) is 5.76. The van der Waals surface area contributed by atoms with Gasteiger partial charge >= 0.3 is 0 Å². The molecule has 1 aromatic heterocycles. The highest BCUT2D eigenvalue weighted by molar-refractivity contribution is 7.92. The monoisotopic (exact) mass is 400 g/mol. The van der Waals surface area contributed by atoms with Crippen molar-refractivity contribution in [2.45, 2.75) is 24.3 Å². The molecule has 1 unspecified atom stereocenters. The second kappa shape index (κ2) is 7.63. The van der Waals surface area contributed by atoms with E-state index in [9.17, 15) is 8.42 Å². The lowest BCUT2D eigenvalue weighted by molar-refractivity contribution is 0.144. The maximum atomic E-state index is 13.0. The fourth-order valence-electron chi connectivity index (χ4n) is 2.95. The Morgan fingerprint density at radius 2 is 2.16 bits per heavy atom. The van der Waals surface area contributed by atoms with Crippen LogP contribution >= 0.6 is 22.9 Å². The summed E-state index contributed by atoms with van der Waals surface area (Å²) < 4.78 is 32.8. The number of nitrogens with zero attached hydrogens (tertiary/aromatic N) is 1. The van der Waals surface area contributed by atoms with Crippen LogP contribution < -0.4 is 9.62 Å². The summed E-state index contributed by atoms with van der Waals surface area (Å²) >= 11 is 7.64. The van der Waals surface area contributed by atoms with E-state index in [4.69, 9.17) is 16.3 Å². The van der Waals surface area contributed by atoms with Crippen LogP contribution in [0, 0.1) is 0 Å². The number of fused-ring (bicyclic) bond motifs is 2. The van der Waals surface area contributed by atoms with Crippen molar-refractivity contribution in [2.75, 3.05) is 31.1 Å². The number of hydrogen-bond acceptors (Lipinski definition) is 5. The first kappa shape index (κ1) is 18.7. The van der Waals surface area contributed by atoms with E-state index < -0.39 is 10.0 Å². The highest BCUT2D eigenvalue weighted by atomic mass is 35.5. The largest absolute Gasteiger partial charge is 0.382 e. The summed E-state index contributed by atoms with van der Waals surface area (Å²) in [5.41, 5.74) is 1.44. The molecule has 0 saturated heterocycles. The molecule has 2 aromatic rings. The number of sulfonamides is 1. The van der Waals surface area contributed by atoms with Gasteiger partial charge in [0, 0.05) is 25.3 Å². The van der Waals surface area contributed by atoms with Gasteiger partial charge in [-0.1, -0.05) is 17.7 Å². The third-order valence-corrected chi connectivity index (χ3v) is 7.25. The molecule has 0 aliphatic carbocycles. The third kappa shape index (κ3) is 3.57. The average Bonchev–Trinajstić information content (AvgIpc) is 3.04. The van der Waals surface area contributed by atoms with Crippen LogP contribution in [0.25, 0.3) is 0 Å². The molecule has 0 amide bonds. The summed E-state index contributed by atoms with van der Waals surface area (Å²) in [5, 5.41) is 5.83. The van der Waals surface area contributed by atoms with Gasteiger partial charge in [0.2, 0.25) is 0 Å². The molecule has 136 valence electrons. The number of hydrogen-bond donors (Lipinski definition) is 1. The van der Waals surface area contributed by atoms with E-state index >= 15 is 0 Å². The SMILES string of the molecule is CCOCCCNC1c2ccc(Cl)cc2S(=O)(=O)N(C)c2ccsc21. The molecule has 0 fully saturated rings. The lowest BCUT2D eigenvalue weighted by Crippen LogP contribution is -2.26. The number of nitrogens with one attached hydrogen (secondary N) is 1. The summed E-state index contributed by atoms with van der Waals surface area (Å²) in [6, 6.07) is 6.74. The van der Waals surface area contributed by atoms with Crippen LogP contribution in [0.4, 0.5) is 5.69 Å². The minimum absolute atomic E-state index is 0.191. The van der Waals surface area contributed by atoms with Crippen LogP contribution in [-0.4, -0.2) is 35.2 Å². The molecule has 1 aromatic carbocycles. The zero-order valence-electron chi connectivity index (χ0n) is 14.2. The number of halogens is 1. The average molecular weight is 401 g/mol. The van der Waals surface area contributed by atoms with Gasteiger partial charge in [-0.05, 0) is 49.0 Å². The molecule has 1 aliphatic heterocycles. The fourth-order valence-corrected chi connectivity index (χ4v) is 5.73. The Kier molecular flexibility index (Phi) is 5.70. The topological polar surface area (TPSA) is 58.6 Å². The van der Waals surface area contributed by atoms with Crippen molar-refractivity contribution in [3.05, 3.63) is 45.1 Å². The van der Waals surface area contributed by atoms with E-state index in [0.29, 0.717) is 23.9 Å². The van der Waals surface area contributed by atoms with Crippen molar-refractivity contribution < 1.29 is 13.2 Å². The molecule has 0 spiro atoms. The van der Waals surface area contributed by atoms with Crippen LogP contribution in [0.1, 0.15) is 29.8 Å². The Morgan fingerprint density at radius 1 is 1.36 bits per heavy atom. The maximum Gasteiger partial charge on any atom is 0.264 e. The molecule has 0 saturated carbocycles. The summed E-state index contributed by atoms with van der Waals surface area (Å²) in [6.45, 7) is 4.08. The zero-order valence-corrected chi connectivity index (χ0v) is 16.5. The molecule has 0 bridgehead atoms. The van der Waals surface area contributed by atoms with Gasteiger partial charge < -0.3 is 10.1 Å². The molecule has 8 heteroatoms. The van der Waals surface area contributed by atoms with Gasteiger partial charge in [0.1, 0.15) is 0 Å². The third-order valence-electron chi connectivity index (χ3n) is 4.22. The Hall–Kier alpha value is -1.12. The van der Waals surface area contributed by atoms with Gasteiger partial charge in [0.25, 0.3) is 10.0 Å². The van der Waals surface area contributed by atoms with Crippen LogP contribution in [0.2, 0.25) is 5.02 Å². The Labute approximate surface area is 157 Å². The van der Waals surface area contributed by atoms with Gasteiger partial charge in [-0.3, -0.25) is 4.31 Å². The molecule has 1 atom stereocenters. The molecule has 3 rings (SSSR count). The predicted molar refractivity (Wildman–Crippen MR) is 102 cm³/mol. The first-order chi connectivity index (χ1) is 12.0. The highest BCUT2D eigenvalue weighted by Gasteiger charge is 2.35. The number of anilines is 1. The quantitative estimate of drug-likeness (QED) is 0.752. The van der Waals surface area contributed by atoms with Crippen molar-refractivity contribution >= 4 is 38.6 Å². The van der Waals surface area contributed by atoms with Gasteiger partial charge in [-0.25, -0.2) is 8.42 Å². The summed E-state index contributed by atoms with van der Waals surface area (Å²) in [5.74, 6) is 0. The van der Waals surface area contributed by atoms with E-state index in [0.717, 1.165) is 23.4 Å². The minimum atomic E-state index is -3.64. The first-order valence-electron chi connectivity index (χ1n) is 8.13. The van der Waals surface area contributed by atoms with Crippen LogP contribution in [0.3, 0.4) is 0 Å². The van der Waals surface area contributed by atoms with E-state index in [1.807, 2.05) is 18.4 Å². The summed E-state index contributed by atoms with van der Waals surface area (Å²) in [4.78, 5) is 1.25. The standard InChI is InChI=1S/C17H21ClN2O3S2/c1-3-23-9-4-8-19-16-13-6-5-12(18)11-15(13)25(21,22)20(2)14-7-10-24-17(14)16/h5-7,10-11,16,19H,3-4,8-9H2,1-2H3. The lowest BCUT2D eigenvalue weighted by atomic mass is 10.0. The molecule has 5 nitrogen and oxygen atoms in total. The van der Waals surface area contributed by atoms with Crippen LogP contribution in [0.15, 0.2) is 34.5 Å². The number of ether oxygens (including phenoxy) is 1. The summed E-state index contributed by atoms with van der Waals surface area (Å²) in [6.07, 6.45) is 0.858. The molecule has 25 heavy (non-hydrogen) atoms. The van der Waals surface area contributed by atoms with E-state index in [1.165, 1.54) is 10.4 Å². The van der Waals surface area contributed by atoms with Gasteiger partial charge in [0.05, 0.1) is 21.5 Å². The van der Waals surface area contributed by atoms with Crippen LogP contribution in [0.5, 0.6) is 0 Å². The van der Waals surface area contributed by atoms with E-state index in [-0.39, 0.29) is 10.9 Å². The Bertz CT molecular complexity index is 851. The lowest BCUT2D eigenvalue weighted by Gasteiger charge is -2.19. The zero-order chi connectivity index (χ0) is 18.0. The van der Waals surface area contributed by atoms with Gasteiger partial charge in [0.15, 0.2) is 0 Å². The molecular formula is C17H21ClN2O3S2. The Balaban J connectivity index is 2.02. The molecule has 2 heterocycles. The van der Waals surface area contributed by atoms with Crippen LogP contribution in [-0.2, 0) is 14.8 Å². The smallest absolute Gasteiger partial charge is 0.264 e. The second-order valence-corrected chi connectivity index (χ2v) is 9.08. The van der Waals surface area contributed by atoms with E-state index in [1.54, 1.807) is 30.5 Å². The number of rotatable bonds is 6. The normalized spacial score (nSPS) is 18.5.